The molecule has 1 aromatic carbocycles. The number of aromatic amines is 1. The van der Waals surface area contributed by atoms with Gasteiger partial charge >= 0.3 is 0 Å². The molecule has 0 spiro atoms. The van der Waals surface area contributed by atoms with E-state index in [0.717, 1.165) is 5.56 Å². The summed E-state index contributed by atoms with van der Waals surface area (Å²) in [5.41, 5.74) is 0.543. The first kappa shape index (κ1) is 15.7. The van der Waals surface area contributed by atoms with Gasteiger partial charge in [-0.05, 0) is 46.7 Å². The summed E-state index contributed by atoms with van der Waals surface area (Å²) in [4.78, 5) is 11.0. The molecule has 0 bridgehead atoms. The molecular weight excluding hydrogens is 360 g/mol. The zero-order valence-electron chi connectivity index (χ0n) is 11.1. The topological polar surface area (TPSA) is 104 Å². The van der Waals surface area contributed by atoms with Gasteiger partial charge in [-0.2, -0.15) is 5.10 Å². The Labute approximate surface area is 130 Å². The molecule has 3 N–H and O–H groups in total. The highest BCUT2D eigenvalue weighted by atomic mass is 79.9. The number of H-pyrrole nitrogens is 1. The molecule has 0 aliphatic carbocycles. The van der Waals surface area contributed by atoms with Gasteiger partial charge in [-0.3, -0.25) is 9.52 Å². The molecule has 0 fully saturated rings. The number of hydrogen-bond acceptors (Lipinski definition) is 5. The molecule has 2 rings (SSSR count). The van der Waals surface area contributed by atoms with Crippen LogP contribution in [0.5, 0.6) is 0 Å². The van der Waals surface area contributed by atoms with Crippen LogP contribution in [-0.4, -0.2) is 25.7 Å². The lowest BCUT2D eigenvalue weighted by Crippen LogP contribution is -2.17. The lowest BCUT2D eigenvalue weighted by molar-refractivity contribution is 0.600. The summed E-state index contributed by atoms with van der Waals surface area (Å²) in [6.07, 6.45) is 0. The van der Waals surface area contributed by atoms with Crippen molar-refractivity contribution in [1.29, 1.82) is 0 Å². The van der Waals surface area contributed by atoms with E-state index in [9.17, 15) is 13.2 Å². The maximum Gasteiger partial charge on any atom is 0.264 e. The van der Waals surface area contributed by atoms with Gasteiger partial charge in [0.15, 0.2) is 5.82 Å². The number of nitrogens with zero attached hydrogens (tertiary/aromatic N) is 1. The van der Waals surface area contributed by atoms with Crippen LogP contribution < -0.4 is 15.6 Å². The second-order valence-corrected chi connectivity index (χ2v) is 6.71. The van der Waals surface area contributed by atoms with Crippen molar-refractivity contribution in [3.05, 3.63) is 50.7 Å². The zero-order chi connectivity index (χ0) is 15.5. The maximum absolute atomic E-state index is 12.3. The molecule has 7 nitrogen and oxygen atoms in total. The third-order valence-corrected chi connectivity index (χ3v) is 4.92. The van der Waals surface area contributed by atoms with E-state index in [0.29, 0.717) is 11.0 Å². The minimum absolute atomic E-state index is 0.0424. The van der Waals surface area contributed by atoms with E-state index in [-0.39, 0.29) is 10.7 Å². The predicted octanol–water partition coefficient (Wildman–Crippen LogP) is 1.05. The standard InChI is InChI=1S/C12H13BrN4O3S/c1-14-7-8-2-3-10(9(13)6-8)21(19,20)17-11-4-5-12(18)16-15-11/h2-6,14H,7H2,1H3,(H,15,17)(H,16,18). The number of benzene rings is 1. The van der Waals surface area contributed by atoms with Crippen molar-refractivity contribution in [3.8, 4) is 0 Å². The van der Waals surface area contributed by atoms with Gasteiger partial charge in [0.05, 0.1) is 0 Å². The van der Waals surface area contributed by atoms with E-state index in [1.807, 2.05) is 7.05 Å². The molecule has 0 saturated heterocycles. The van der Waals surface area contributed by atoms with E-state index in [4.69, 9.17) is 0 Å². The Kier molecular flexibility index (Phi) is 4.76. The molecule has 0 aliphatic heterocycles. The second-order valence-electron chi connectivity index (χ2n) is 4.21. The molecule has 1 aromatic heterocycles. The third kappa shape index (κ3) is 3.90. The number of anilines is 1. The van der Waals surface area contributed by atoms with Gasteiger partial charge in [0, 0.05) is 17.1 Å². The molecule has 21 heavy (non-hydrogen) atoms. The molecule has 112 valence electrons. The first-order chi connectivity index (χ1) is 9.92. The molecule has 0 radical (unpaired) electrons. The highest BCUT2D eigenvalue weighted by molar-refractivity contribution is 9.10. The predicted molar refractivity (Wildman–Crippen MR) is 82.6 cm³/mol. The van der Waals surface area contributed by atoms with Crippen LogP contribution in [0.25, 0.3) is 0 Å². The third-order valence-electron chi connectivity index (χ3n) is 2.58. The molecule has 0 saturated carbocycles. The molecule has 0 atom stereocenters. The summed E-state index contributed by atoms with van der Waals surface area (Å²) in [6.45, 7) is 0.633. The van der Waals surface area contributed by atoms with Gasteiger partial charge in [-0.1, -0.05) is 6.07 Å². The average Bonchev–Trinajstić information content (AvgIpc) is 2.41. The Balaban J connectivity index is 2.31. The van der Waals surface area contributed by atoms with Gasteiger partial charge in [0.2, 0.25) is 0 Å². The van der Waals surface area contributed by atoms with Gasteiger partial charge in [-0.15, -0.1) is 0 Å². The summed E-state index contributed by atoms with van der Waals surface area (Å²) in [5.74, 6) is 0.0424. The van der Waals surface area contributed by atoms with E-state index in [1.165, 1.54) is 18.2 Å². The summed E-state index contributed by atoms with van der Waals surface area (Å²) < 4.78 is 27.3. The molecule has 9 heteroatoms. The van der Waals surface area contributed by atoms with Crippen molar-refractivity contribution in [1.82, 2.24) is 15.5 Å². The number of nitrogens with one attached hydrogen (secondary N) is 3. The normalized spacial score (nSPS) is 11.3. The monoisotopic (exact) mass is 372 g/mol. The zero-order valence-corrected chi connectivity index (χ0v) is 13.5. The van der Waals surface area contributed by atoms with Crippen LogP contribution in [0, 0.1) is 0 Å². The highest BCUT2D eigenvalue weighted by Gasteiger charge is 2.18. The fourth-order valence-corrected chi connectivity index (χ4v) is 3.80. The fourth-order valence-electron chi connectivity index (χ4n) is 1.67. The van der Waals surface area contributed by atoms with Crippen molar-refractivity contribution in [2.75, 3.05) is 11.8 Å². The maximum atomic E-state index is 12.3. The van der Waals surface area contributed by atoms with Crippen molar-refractivity contribution in [2.24, 2.45) is 0 Å². The molecule has 0 amide bonds. The minimum atomic E-state index is -3.79. The number of aromatic nitrogens is 2. The van der Waals surface area contributed by atoms with Crippen LogP contribution in [0.15, 0.2) is 44.5 Å². The Hall–Kier alpha value is -1.71. The SMILES string of the molecule is CNCc1ccc(S(=O)(=O)Nc2ccc(=O)[nH]n2)c(Br)c1. The fraction of sp³-hybridized carbons (Fsp3) is 0.167. The van der Waals surface area contributed by atoms with Crippen molar-refractivity contribution in [3.63, 3.8) is 0 Å². The Morgan fingerprint density at radius 2 is 2.05 bits per heavy atom. The van der Waals surface area contributed by atoms with Crippen LogP contribution in [0.2, 0.25) is 0 Å². The summed E-state index contributed by atoms with van der Waals surface area (Å²) in [6, 6.07) is 7.43. The van der Waals surface area contributed by atoms with Crippen LogP contribution >= 0.6 is 15.9 Å². The smallest absolute Gasteiger partial charge is 0.264 e. The highest BCUT2D eigenvalue weighted by Crippen LogP contribution is 2.24. The van der Waals surface area contributed by atoms with Gasteiger partial charge in [0.1, 0.15) is 4.90 Å². The number of halogens is 1. The molecule has 1 heterocycles. The van der Waals surface area contributed by atoms with Gasteiger partial charge in [-0.25, -0.2) is 13.5 Å². The lowest BCUT2D eigenvalue weighted by atomic mass is 10.2. The molecular formula is C12H13BrN4O3S. The van der Waals surface area contributed by atoms with E-state index in [1.54, 1.807) is 12.1 Å². The first-order valence-electron chi connectivity index (χ1n) is 5.94. The summed E-state index contributed by atoms with van der Waals surface area (Å²) >= 11 is 3.25. The van der Waals surface area contributed by atoms with Crippen LogP contribution in [0.3, 0.4) is 0 Å². The number of sulfonamides is 1. The van der Waals surface area contributed by atoms with E-state index < -0.39 is 15.6 Å². The van der Waals surface area contributed by atoms with Crippen LogP contribution in [0.4, 0.5) is 5.82 Å². The van der Waals surface area contributed by atoms with Gasteiger partial charge < -0.3 is 5.32 Å². The first-order valence-corrected chi connectivity index (χ1v) is 8.21. The van der Waals surface area contributed by atoms with Crippen molar-refractivity contribution >= 4 is 31.8 Å². The average molecular weight is 373 g/mol. The summed E-state index contributed by atoms with van der Waals surface area (Å²) in [7, 11) is -1.98. The minimum Gasteiger partial charge on any atom is -0.316 e. The summed E-state index contributed by atoms with van der Waals surface area (Å²) in [5, 5.41) is 8.76. The Morgan fingerprint density at radius 1 is 1.29 bits per heavy atom. The quantitative estimate of drug-likeness (QED) is 0.727. The number of rotatable bonds is 5. The Bertz CT molecular complexity index is 784. The van der Waals surface area contributed by atoms with Crippen LogP contribution in [-0.2, 0) is 16.6 Å². The van der Waals surface area contributed by atoms with Crippen LogP contribution in [0.1, 0.15) is 5.56 Å². The van der Waals surface area contributed by atoms with E-state index in [2.05, 4.69) is 36.2 Å². The molecule has 0 unspecified atom stereocenters. The largest absolute Gasteiger partial charge is 0.316 e. The lowest BCUT2D eigenvalue weighted by Gasteiger charge is -2.10. The molecule has 0 aliphatic rings. The van der Waals surface area contributed by atoms with Crippen molar-refractivity contribution in [2.45, 2.75) is 11.4 Å². The van der Waals surface area contributed by atoms with Crippen molar-refractivity contribution < 1.29 is 8.42 Å². The Morgan fingerprint density at radius 3 is 2.62 bits per heavy atom. The second kappa shape index (κ2) is 6.37. The molecule has 2 aromatic rings. The van der Waals surface area contributed by atoms with Gasteiger partial charge in [0.25, 0.3) is 15.6 Å². The number of hydrogen-bond donors (Lipinski definition) is 3. The van der Waals surface area contributed by atoms with E-state index >= 15 is 0 Å².